The van der Waals surface area contributed by atoms with Gasteiger partial charge in [0.15, 0.2) is 6.61 Å². The molecule has 7 heteroatoms. The minimum atomic E-state index is -0.525. The van der Waals surface area contributed by atoms with Crippen molar-refractivity contribution in [3.63, 3.8) is 0 Å². The number of amides is 1. The highest BCUT2D eigenvalue weighted by Crippen LogP contribution is 2.21. The lowest BCUT2D eigenvalue weighted by Gasteiger charge is -2.30. The molecule has 0 bridgehead atoms. The highest BCUT2D eigenvalue weighted by Gasteiger charge is 2.20. The van der Waals surface area contributed by atoms with Gasteiger partial charge in [-0.3, -0.25) is 9.69 Å². The fourth-order valence-electron chi connectivity index (χ4n) is 2.32. The molecule has 1 fully saturated rings. The van der Waals surface area contributed by atoms with Gasteiger partial charge < -0.3 is 10.1 Å². The molecule has 0 unspecified atom stereocenters. The van der Waals surface area contributed by atoms with Crippen molar-refractivity contribution in [1.82, 2.24) is 10.2 Å². The van der Waals surface area contributed by atoms with Crippen molar-refractivity contribution in [2.24, 2.45) is 0 Å². The molecule has 0 spiro atoms. The number of hydrogen-bond acceptors (Lipinski definition) is 4. The first-order chi connectivity index (χ1) is 10.6. The maximum atomic E-state index is 13.0. The van der Waals surface area contributed by atoms with Gasteiger partial charge in [-0.2, -0.15) is 5.26 Å². The zero-order chi connectivity index (χ0) is 15.9. The molecule has 1 aliphatic heterocycles. The quantitative estimate of drug-likeness (QED) is 0.841. The zero-order valence-electron chi connectivity index (χ0n) is 12.0. The Labute approximate surface area is 133 Å². The topological polar surface area (TPSA) is 65.4 Å². The molecule has 0 saturated carbocycles. The van der Waals surface area contributed by atoms with Gasteiger partial charge in [0, 0.05) is 25.2 Å². The number of likely N-dealkylation sites (tertiary alicyclic amines) is 1. The number of piperidine rings is 1. The first kappa shape index (κ1) is 16.5. The molecule has 1 aliphatic rings. The van der Waals surface area contributed by atoms with E-state index in [1.807, 2.05) is 0 Å². The molecule has 2 rings (SSSR count). The van der Waals surface area contributed by atoms with E-state index in [1.54, 1.807) is 0 Å². The Morgan fingerprint density at radius 3 is 2.86 bits per heavy atom. The molecule has 0 aliphatic carbocycles. The molecule has 0 aromatic heterocycles. The van der Waals surface area contributed by atoms with E-state index in [1.165, 1.54) is 18.2 Å². The number of benzene rings is 1. The van der Waals surface area contributed by atoms with Crippen LogP contribution in [0.2, 0.25) is 5.02 Å². The summed E-state index contributed by atoms with van der Waals surface area (Å²) in [6.45, 7) is 1.88. The Kier molecular flexibility index (Phi) is 5.99. The molecule has 0 atom stereocenters. The molecule has 1 aromatic rings. The molecule has 1 saturated heterocycles. The summed E-state index contributed by atoms with van der Waals surface area (Å²) in [5.74, 6) is -0.396. The number of hydrogen-bond donors (Lipinski definition) is 1. The number of carbonyl (C=O) groups excluding carboxylic acids is 1. The predicted octanol–water partition coefficient (Wildman–Crippen LogP) is 1.96. The van der Waals surface area contributed by atoms with Gasteiger partial charge in [0.1, 0.15) is 11.6 Å². The van der Waals surface area contributed by atoms with E-state index >= 15 is 0 Å². The lowest BCUT2D eigenvalue weighted by molar-refractivity contribution is -0.124. The SMILES string of the molecule is N#CCN1CCC(NC(=O)COc2ccc(F)c(Cl)c2)CC1. The lowest BCUT2D eigenvalue weighted by Crippen LogP contribution is -2.45. The summed E-state index contributed by atoms with van der Waals surface area (Å²) in [6, 6.07) is 6.18. The highest BCUT2D eigenvalue weighted by atomic mass is 35.5. The molecular weight excluding hydrogens is 309 g/mol. The number of nitrogens with one attached hydrogen (secondary N) is 1. The van der Waals surface area contributed by atoms with Crippen LogP contribution in [0, 0.1) is 17.1 Å². The van der Waals surface area contributed by atoms with Crippen LogP contribution in [-0.4, -0.2) is 43.1 Å². The third kappa shape index (κ3) is 4.86. The number of carbonyl (C=O) groups is 1. The highest BCUT2D eigenvalue weighted by molar-refractivity contribution is 6.30. The van der Waals surface area contributed by atoms with Crippen molar-refractivity contribution >= 4 is 17.5 Å². The molecular formula is C15H17ClFN3O2. The van der Waals surface area contributed by atoms with Crippen molar-refractivity contribution < 1.29 is 13.9 Å². The molecule has 1 heterocycles. The van der Waals surface area contributed by atoms with Crippen LogP contribution in [0.3, 0.4) is 0 Å². The molecule has 0 radical (unpaired) electrons. The third-order valence-electron chi connectivity index (χ3n) is 3.51. The van der Waals surface area contributed by atoms with Crippen molar-refractivity contribution in [2.45, 2.75) is 18.9 Å². The average molecular weight is 326 g/mol. The summed E-state index contributed by atoms with van der Waals surface area (Å²) in [5, 5.41) is 11.5. The Balaban J connectivity index is 1.72. The second-order valence-corrected chi connectivity index (χ2v) is 5.55. The minimum absolute atomic E-state index is 0.0391. The molecule has 5 nitrogen and oxygen atoms in total. The second kappa shape index (κ2) is 7.97. The summed E-state index contributed by atoms with van der Waals surface area (Å²) >= 11 is 5.64. The van der Waals surface area contributed by atoms with Gasteiger partial charge in [0.05, 0.1) is 17.6 Å². The average Bonchev–Trinajstić information content (AvgIpc) is 2.51. The van der Waals surface area contributed by atoms with Crippen LogP contribution in [0.4, 0.5) is 4.39 Å². The van der Waals surface area contributed by atoms with Crippen molar-refractivity contribution in [3.05, 3.63) is 29.0 Å². The van der Waals surface area contributed by atoms with Crippen LogP contribution in [0.15, 0.2) is 18.2 Å². The fraction of sp³-hybridized carbons (Fsp3) is 0.467. The van der Waals surface area contributed by atoms with Gasteiger partial charge in [0.2, 0.25) is 0 Å². The van der Waals surface area contributed by atoms with Crippen LogP contribution in [0.5, 0.6) is 5.75 Å². The molecule has 118 valence electrons. The zero-order valence-corrected chi connectivity index (χ0v) is 12.8. The van der Waals surface area contributed by atoms with Crippen molar-refractivity contribution in [1.29, 1.82) is 5.26 Å². The fourth-order valence-corrected chi connectivity index (χ4v) is 2.49. The molecule has 22 heavy (non-hydrogen) atoms. The van der Waals surface area contributed by atoms with Gasteiger partial charge in [-0.25, -0.2) is 4.39 Å². The Morgan fingerprint density at radius 2 is 2.23 bits per heavy atom. The number of nitrogens with zero attached hydrogens (tertiary/aromatic N) is 2. The van der Waals surface area contributed by atoms with Crippen LogP contribution >= 0.6 is 11.6 Å². The van der Waals surface area contributed by atoms with Gasteiger partial charge >= 0.3 is 0 Å². The van der Waals surface area contributed by atoms with Crippen LogP contribution < -0.4 is 10.1 Å². The summed E-state index contributed by atoms with van der Waals surface area (Å²) < 4.78 is 18.3. The van der Waals surface area contributed by atoms with Crippen molar-refractivity contribution in [3.8, 4) is 11.8 Å². The minimum Gasteiger partial charge on any atom is -0.484 e. The Morgan fingerprint density at radius 1 is 1.50 bits per heavy atom. The Hall–Kier alpha value is -1.84. The first-order valence-corrected chi connectivity index (χ1v) is 7.43. The molecule has 1 aromatic carbocycles. The molecule has 1 amide bonds. The predicted molar refractivity (Wildman–Crippen MR) is 80.1 cm³/mol. The van der Waals surface area contributed by atoms with E-state index in [2.05, 4.69) is 16.3 Å². The van der Waals surface area contributed by atoms with E-state index in [0.717, 1.165) is 25.9 Å². The van der Waals surface area contributed by atoms with Crippen molar-refractivity contribution in [2.75, 3.05) is 26.2 Å². The van der Waals surface area contributed by atoms with E-state index in [-0.39, 0.29) is 23.6 Å². The van der Waals surface area contributed by atoms with Crippen LogP contribution in [0.25, 0.3) is 0 Å². The van der Waals surface area contributed by atoms with Gasteiger partial charge in [-0.1, -0.05) is 11.6 Å². The lowest BCUT2D eigenvalue weighted by atomic mass is 10.1. The van der Waals surface area contributed by atoms with Crippen LogP contribution in [0.1, 0.15) is 12.8 Å². The van der Waals surface area contributed by atoms with E-state index < -0.39 is 5.82 Å². The van der Waals surface area contributed by atoms with Gasteiger partial charge in [-0.05, 0) is 25.0 Å². The summed E-state index contributed by atoms with van der Waals surface area (Å²) in [4.78, 5) is 13.9. The molecule has 1 N–H and O–H groups in total. The van der Waals surface area contributed by atoms with Gasteiger partial charge in [-0.15, -0.1) is 0 Å². The Bertz CT molecular complexity index is 568. The number of ether oxygens (including phenoxy) is 1. The third-order valence-corrected chi connectivity index (χ3v) is 3.80. The summed E-state index contributed by atoms with van der Waals surface area (Å²) in [6.07, 6.45) is 1.63. The van der Waals surface area contributed by atoms with E-state index in [9.17, 15) is 9.18 Å². The van der Waals surface area contributed by atoms with E-state index in [4.69, 9.17) is 21.6 Å². The normalized spacial score (nSPS) is 16.0. The number of halogens is 2. The van der Waals surface area contributed by atoms with Gasteiger partial charge in [0.25, 0.3) is 5.91 Å². The summed E-state index contributed by atoms with van der Waals surface area (Å²) in [5.41, 5.74) is 0. The summed E-state index contributed by atoms with van der Waals surface area (Å²) in [7, 11) is 0. The smallest absolute Gasteiger partial charge is 0.258 e. The maximum absolute atomic E-state index is 13.0. The number of rotatable bonds is 5. The first-order valence-electron chi connectivity index (χ1n) is 7.05. The number of nitriles is 1. The maximum Gasteiger partial charge on any atom is 0.258 e. The van der Waals surface area contributed by atoms with Crippen LogP contribution in [-0.2, 0) is 4.79 Å². The second-order valence-electron chi connectivity index (χ2n) is 5.14. The monoisotopic (exact) mass is 325 g/mol. The standard InChI is InChI=1S/C15H17ClFN3O2/c16-13-9-12(1-2-14(13)17)22-10-15(21)19-11-3-6-20(7-4-11)8-5-18/h1-2,9,11H,3-4,6-8,10H2,(H,19,21). The largest absolute Gasteiger partial charge is 0.484 e. The van der Waals surface area contributed by atoms with E-state index in [0.29, 0.717) is 12.3 Å².